The molecule has 10 heavy (non-hydrogen) atoms. The van der Waals surface area contributed by atoms with Crippen LogP contribution in [-0.4, -0.2) is 29.7 Å². The minimum Gasteiger partial charge on any atom is -0.394 e. The smallest absolute Gasteiger partial charge is 0.164 e. The van der Waals surface area contributed by atoms with Crippen molar-refractivity contribution >= 4 is 5.78 Å². The van der Waals surface area contributed by atoms with Gasteiger partial charge in [0.25, 0.3) is 0 Å². The number of ether oxygens (including phenoxy) is 1. The first-order valence-electron chi connectivity index (χ1n) is 3.57. The Morgan fingerprint density at radius 3 is 2.80 bits per heavy atom. The Bertz CT molecular complexity index is 133. The van der Waals surface area contributed by atoms with E-state index >= 15 is 0 Å². The summed E-state index contributed by atoms with van der Waals surface area (Å²) in [6.45, 7) is 1.87. The lowest BCUT2D eigenvalue weighted by molar-refractivity contribution is -0.122. The zero-order valence-corrected chi connectivity index (χ0v) is 6.04. The fraction of sp³-hybridized carbons (Fsp3) is 0.857. The molecule has 0 spiro atoms. The van der Waals surface area contributed by atoms with Crippen molar-refractivity contribution in [3.63, 3.8) is 0 Å². The largest absolute Gasteiger partial charge is 0.394 e. The lowest BCUT2D eigenvalue weighted by Crippen LogP contribution is -2.15. The molecule has 1 rings (SSSR count). The van der Waals surface area contributed by atoms with Crippen LogP contribution in [0.15, 0.2) is 0 Å². The third kappa shape index (κ3) is 1.36. The van der Waals surface area contributed by atoms with Gasteiger partial charge in [0.15, 0.2) is 5.78 Å². The van der Waals surface area contributed by atoms with E-state index in [1.807, 2.05) is 6.92 Å². The second-order valence-corrected chi connectivity index (χ2v) is 2.51. The van der Waals surface area contributed by atoms with Crippen LogP contribution in [-0.2, 0) is 9.53 Å². The summed E-state index contributed by atoms with van der Waals surface area (Å²) >= 11 is 0. The molecule has 1 N–H and O–H groups in total. The van der Waals surface area contributed by atoms with Crippen LogP contribution in [0.5, 0.6) is 0 Å². The number of hydrogen-bond donors (Lipinski definition) is 1. The summed E-state index contributed by atoms with van der Waals surface area (Å²) in [7, 11) is 0. The first kappa shape index (κ1) is 7.69. The van der Waals surface area contributed by atoms with Gasteiger partial charge < -0.3 is 9.84 Å². The highest BCUT2D eigenvalue weighted by atomic mass is 16.5. The monoisotopic (exact) mass is 144 g/mol. The number of rotatable bonds is 2. The number of carbonyl (C=O) groups is 1. The van der Waals surface area contributed by atoms with Crippen molar-refractivity contribution in [1.29, 1.82) is 0 Å². The van der Waals surface area contributed by atoms with Crippen molar-refractivity contribution in [3.8, 4) is 0 Å². The summed E-state index contributed by atoms with van der Waals surface area (Å²) in [6, 6.07) is 0. The molecule has 1 fully saturated rings. The van der Waals surface area contributed by atoms with E-state index in [-0.39, 0.29) is 24.6 Å². The molecule has 0 aromatic rings. The molecule has 3 nitrogen and oxygen atoms in total. The standard InChI is InChI=1S/C7H12O3/c1-2-7-6(9)3-5(4-8)10-7/h5,7-8H,2-4H2,1H3/t5-,7-/m0/s1. The summed E-state index contributed by atoms with van der Waals surface area (Å²) in [4.78, 5) is 10.9. The van der Waals surface area contributed by atoms with Crippen molar-refractivity contribution < 1.29 is 14.6 Å². The highest BCUT2D eigenvalue weighted by Gasteiger charge is 2.31. The molecule has 0 aromatic heterocycles. The summed E-state index contributed by atoms with van der Waals surface area (Å²) in [6.07, 6.45) is 0.610. The second-order valence-electron chi connectivity index (χ2n) is 2.51. The molecule has 0 unspecified atom stereocenters. The fourth-order valence-corrected chi connectivity index (χ4v) is 1.14. The topological polar surface area (TPSA) is 46.5 Å². The van der Waals surface area contributed by atoms with Gasteiger partial charge in [-0.05, 0) is 6.42 Å². The highest BCUT2D eigenvalue weighted by molar-refractivity contribution is 5.85. The molecular formula is C7H12O3. The Kier molecular flexibility index (Phi) is 2.40. The Balaban J connectivity index is 2.44. The van der Waals surface area contributed by atoms with Gasteiger partial charge in [0, 0.05) is 6.42 Å². The molecule has 1 heterocycles. The number of aliphatic hydroxyl groups is 1. The Hall–Kier alpha value is -0.410. The molecule has 1 aliphatic rings. The fourth-order valence-electron chi connectivity index (χ4n) is 1.14. The second kappa shape index (κ2) is 3.12. The quantitative estimate of drug-likeness (QED) is 0.598. The van der Waals surface area contributed by atoms with Crippen molar-refractivity contribution in [1.82, 2.24) is 0 Å². The van der Waals surface area contributed by atoms with E-state index in [0.29, 0.717) is 6.42 Å². The molecule has 1 saturated heterocycles. The van der Waals surface area contributed by atoms with Crippen molar-refractivity contribution in [3.05, 3.63) is 0 Å². The van der Waals surface area contributed by atoms with Crippen LogP contribution in [0.25, 0.3) is 0 Å². The molecular weight excluding hydrogens is 132 g/mol. The maximum Gasteiger partial charge on any atom is 0.164 e. The maximum atomic E-state index is 10.9. The van der Waals surface area contributed by atoms with Gasteiger partial charge in [-0.2, -0.15) is 0 Å². The van der Waals surface area contributed by atoms with E-state index in [1.54, 1.807) is 0 Å². The van der Waals surface area contributed by atoms with E-state index in [2.05, 4.69) is 0 Å². The molecule has 1 aliphatic heterocycles. The summed E-state index contributed by atoms with van der Waals surface area (Å²) < 4.78 is 5.17. The third-order valence-electron chi connectivity index (χ3n) is 1.72. The van der Waals surface area contributed by atoms with Gasteiger partial charge in [-0.3, -0.25) is 4.79 Å². The zero-order valence-electron chi connectivity index (χ0n) is 6.04. The van der Waals surface area contributed by atoms with Gasteiger partial charge in [-0.25, -0.2) is 0 Å². The minimum absolute atomic E-state index is 0.0394. The van der Waals surface area contributed by atoms with Crippen molar-refractivity contribution in [2.24, 2.45) is 0 Å². The lowest BCUT2D eigenvalue weighted by atomic mass is 10.1. The van der Waals surface area contributed by atoms with Crippen molar-refractivity contribution in [2.45, 2.75) is 32.0 Å². The molecule has 0 bridgehead atoms. The Morgan fingerprint density at radius 1 is 1.80 bits per heavy atom. The average Bonchev–Trinajstić information content (AvgIpc) is 2.30. The molecule has 0 amide bonds. The Labute approximate surface area is 60.0 Å². The predicted octanol–water partition coefficient (Wildman–Crippen LogP) is 0.115. The van der Waals surface area contributed by atoms with Gasteiger partial charge in [0.05, 0.1) is 12.7 Å². The van der Waals surface area contributed by atoms with Gasteiger partial charge in [0.2, 0.25) is 0 Å². The first-order chi connectivity index (χ1) is 4.77. The Morgan fingerprint density at radius 2 is 2.50 bits per heavy atom. The highest BCUT2D eigenvalue weighted by Crippen LogP contribution is 2.17. The molecule has 0 saturated carbocycles. The molecule has 0 aliphatic carbocycles. The molecule has 0 radical (unpaired) electrons. The van der Waals surface area contributed by atoms with Gasteiger partial charge in [-0.15, -0.1) is 0 Å². The summed E-state index contributed by atoms with van der Waals surface area (Å²) in [5.74, 6) is 0.126. The van der Waals surface area contributed by atoms with Crippen LogP contribution in [0.2, 0.25) is 0 Å². The summed E-state index contributed by atoms with van der Waals surface area (Å²) in [5, 5.41) is 8.62. The van der Waals surface area contributed by atoms with Crippen LogP contribution in [0, 0.1) is 0 Å². The maximum absolute atomic E-state index is 10.9. The van der Waals surface area contributed by atoms with Crippen molar-refractivity contribution in [2.75, 3.05) is 6.61 Å². The molecule has 2 atom stereocenters. The normalized spacial score (nSPS) is 33.2. The zero-order chi connectivity index (χ0) is 7.56. The van der Waals surface area contributed by atoms with Gasteiger partial charge in [-0.1, -0.05) is 6.92 Å². The van der Waals surface area contributed by atoms with Crippen LogP contribution in [0.4, 0.5) is 0 Å². The summed E-state index contributed by atoms with van der Waals surface area (Å²) in [5.41, 5.74) is 0. The third-order valence-corrected chi connectivity index (χ3v) is 1.72. The SMILES string of the molecule is CC[C@@H]1O[C@H](CO)CC1=O. The van der Waals surface area contributed by atoms with E-state index < -0.39 is 0 Å². The van der Waals surface area contributed by atoms with Gasteiger partial charge >= 0.3 is 0 Å². The number of carbonyl (C=O) groups excluding carboxylic acids is 1. The van der Waals surface area contributed by atoms with Crippen LogP contribution in [0.3, 0.4) is 0 Å². The number of hydrogen-bond acceptors (Lipinski definition) is 3. The van der Waals surface area contributed by atoms with E-state index in [4.69, 9.17) is 9.84 Å². The minimum atomic E-state index is -0.253. The molecule has 0 aromatic carbocycles. The van der Waals surface area contributed by atoms with Crippen LogP contribution < -0.4 is 0 Å². The van der Waals surface area contributed by atoms with E-state index in [9.17, 15) is 4.79 Å². The number of Topliss-reactive ketones (excluding diaryl/α,β-unsaturated/α-hetero) is 1. The average molecular weight is 144 g/mol. The molecule has 3 heteroatoms. The van der Waals surface area contributed by atoms with E-state index in [1.165, 1.54) is 0 Å². The number of ketones is 1. The molecule has 58 valence electrons. The lowest BCUT2D eigenvalue weighted by Gasteiger charge is -2.06. The predicted molar refractivity (Wildman–Crippen MR) is 35.7 cm³/mol. The first-order valence-corrected chi connectivity index (χ1v) is 3.57. The van der Waals surface area contributed by atoms with Gasteiger partial charge in [0.1, 0.15) is 6.10 Å². The van der Waals surface area contributed by atoms with Crippen LogP contribution >= 0.6 is 0 Å². The number of aliphatic hydroxyl groups excluding tert-OH is 1. The van der Waals surface area contributed by atoms with Crippen LogP contribution in [0.1, 0.15) is 19.8 Å². The van der Waals surface area contributed by atoms with E-state index in [0.717, 1.165) is 6.42 Å².